The highest BCUT2D eigenvalue weighted by Crippen LogP contribution is 2.26. The number of hydrogen-bond acceptors (Lipinski definition) is 3. The quantitative estimate of drug-likeness (QED) is 0.848. The van der Waals surface area contributed by atoms with E-state index in [1.165, 1.54) is 5.56 Å². The van der Waals surface area contributed by atoms with E-state index in [4.69, 9.17) is 0 Å². The molecule has 112 valence electrons. The molecule has 0 aromatic carbocycles. The van der Waals surface area contributed by atoms with E-state index in [0.29, 0.717) is 0 Å². The average Bonchev–Trinajstić information content (AvgIpc) is 2.46. The summed E-state index contributed by atoms with van der Waals surface area (Å²) in [6.07, 6.45) is 7.54. The lowest BCUT2D eigenvalue weighted by molar-refractivity contribution is 0.447. The summed E-state index contributed by atoms with van der Waals surface area (Å²) in [4.78, 5) is 13.4. The van der Waals surface area contributed by atoms with Crippen molar-refractivity contribution in [2.75, 3.05) is 0 Å². The Hall–Kier alpha value is -1.77. The molecule has 0 unspecified atom stereocenters. The number of aromatic nitrogens is 3. The Morgan fingerprint density at radius 3 is 2.10 bits per heavy atom. The molecule has 0 fully saturated rings. The smallest absolute Gasteiger partial charge is 0.133 e. The monoisotopic (exact) mass is 283 g/mol. The fraction of sp³-hybridized carbons (Fsp3) is 0.500. The molecular weight excluding hydrogens is 258 g/mol. The van der Waals surface area contributed by atoms with E-state index >= 15 is 0 Å². The Labute approximate surface area is 127 Å². The average molecular weight is 283 g/mol. The van der Waals surface area contributed by atoms with E-state index in [0.717, 1.165) is 24.4 Å². The number of nitrogens with zero attached hydrogens (tertiary/aromatic N) is 3. The normalized spacial score (nSPS) is 12.4. The van der Waals surface area contributed by atoms with Gasteiger partial charge < -0.3 is 0 Å². The number of pyridine rings is 1. The van der Waals surface area contributed by atoms with Gasteiger partial charge in [0.25, 0.3) is 0 Å². The highest BCUT2D eigenvalue weighted by Gasteiger charge is 2.23. The molecule has 2 aromatic heterocycles. The SMILES string of the molecule is CC(C)(C)c1ccc(CCC(C)(C)c2ncccn2)nc1. The second-order valence-electron chi connectivity index (χ2n) is 7.24. The van der Waals surface area contributed by atoms with Crippen LogP contribution in [0.2, 0.25) is 0 Å². The van der Waals surface area contributed by atoms with E-state index in [9.17, 15) is 0 Å². The van der Waals surface area contributed by atoms with Crippen LogP contribution in [0.5, 0.6) is 0 Å². The first kappa shape index (κ1) is 15.6. The van der Waals surface area contributed by atoms with Gasteiger partial charge in [-0.15, -0.1) is 0 Å². The summed E-state index contributed by atoms with van der Waals surface area (Å²) >= 11 is 0. The summed E-state index contributed by atoms with van der Waals surface area (Å²) in [5.41, 5.74) is 2.53. The van der Waals surface area contributed by atoms with Crippen molar-refractivity contribution in [2.45, 2.75) is 58.3 Å². The standard InChI is InChI=1S/C18H25N3/c1-17(2,3)14-7-8-15(21-13-14)9-10-18(4,5)16-19-11-6-12-20-16/h6-8,11-13H,9-10H2,1-5H3. The Morgan fingerprint density at radius 2 is 1.57 bits per heavy atom. The lowest BCUT2D eigenvalue weighted by Crippen LogP contribution is -2.21. The van der Waals surface area contributed by atoms with Crippen LogP contribution in [0.15, 0.2) is 36.8 Å². The van der Waals surface area contributed by atoms with Crippen LogP contribution in [0.1, 0.15) is 58.1 Å². The molecule has 3 heteroatoms. The van der Waals surface area contributed by atoms with Crippen LogP contribution in [0.3, 0.4) is 0 Å². The minimum absolute atomic E-state index is 0.0361. The maximum Gasteiger partial charge on any atom is 0.133 e. The predicted octanol–water partition coefficient (Wildman–Crippen LogP) is 4.08. The Bertz CT molecular complexity index is 566. The zero-order valence-electron chi connectivity index (χ0n) is 13.7. The van der Waals surface area contributed by atoms with Gasteiger partial charge in [-0.25, -0.2) is 9.97 Å². The van der Waals surface area contributed by atoms with Gasteiger partial charge in [0.15, 0.2) is 0 Å². The third kappa shape index (κ3) is 4.10. The molecule has 0 bridgehead atoms. The number of hydrogen-bond donors (Lipinski definition) is 0. The molecule has 0 saturated heterocycles. The third-order valence-electron chi connectivity index (χ3n) is 3.87. The minimum Gasteiger partial charge on any atom is -0.261 e. The van der Waals surface area contributed by atoms with E-state index in [2.05, 4.69) is 61.7 Å². The summed E-state index contributed by atoms with van der Waals surface area (Å²) in [5, 5.41) is 0. The summed E-state index contributed by atoms with van der Waals surface area (Å²) < 4.78 is 0. The molecule has 21 heavy (non-hydrogen) atoms. The van der Waals surface area contributed by atoms with Gasteiger partial charge in [0.1, 0.15) is 5.82 Å². The van der Waals surface area contributed by atoms with Crippen LogP contribution in [0, 0.1) is 0 Å². The molecule has 0 radical (unpaired) electrons. The summed E-state index contributed by atoms with van der Waals surface area (Å²) in [5.74, 6) is 0.899. The molecule has 0 amide bonds. The molecule has 0 saturated carbocycles. The molecule has 0 N–H and O–H groups in total. The maximum absolute atomic E-state index is 4.60. The maximum atomic E-state index is 4.60. The van der Waals surface area contributed by atoms with E-state index < -0.39 is 0 Å². The first-order valence-electron chi connectivity index (χ1n) is 7.52. The van der Waals surface area contributed by atoms with Gasteiger partial charge in [-0.2, -0.15) is 0 Å². The van der Waals surface area contributed by atoms with Crippen molar-refractivity contribution in [1.29, 1.82) is 0 Å². The van der Waals surface area contributed by atoms with Crippen molar-refractivity contribution in [3.8, 4) is 0 Å². The van der Waals surface area contributed by atoms with Crippen molar-refractivity contribution >= 4 is 0 Å². The van der Waals surface area contributed by atoms with Gasteiger partial charge in [-0.05, 0) is 36.0 Å². The zero-order chi connectivity index (χ0) is 15.5. The number of rotatable bonds is 4. The molecule has 0 spiro atoms. The first-order chi connectivity index (χ1) is 9.79. The van der Waals surface area contributed by atoms with Gasteiger partial charge in [-0.1, -0.05) is 40.7 Å². The van der Waals surface area contributed by atoms with E-state index in [-0.39, 0.29) is 10.8 Å². The third-order valence-corrected chi connectivity index (χ3v) is 3.87. The van der Waals surface area contributed by atoms with Crippen LogP contribution < -0.4 is 0 Å². The lowest BCUT2D eigenvalue weighted by atomic mass is 9.85. The van der Waals surface area contributed by atoms with Gasteiger partial charge in [-0.3, -0.25) is 4.98 Å². The minimum atomic E-state index is -0.0361. The molecule has 2 aromatic rings. The van der Waals surface area contributed by atoms with Gasteiger partial charge in [0.05, 0.1) is 0 Å². The largest absolute Gasteiger partial charge is 0.261 e. The van der Waals surface area contributed by atoms with Crippen LogP contribution in [0.25, 0.3) is 0 Å². The van der Waals surface area contributed by atoms with E-state index in [1.807, 2.05) is 12.3 Å². The number of aryl methyl sites for hydroxylation is 1. The Kier molecular flexibility index (Phi) is 4.40. The van der Waals surface area contributed by atoms with Crippen LogP contribution in [0.4, 0.5) is 0 Å². The highest BCUT2D eigenvalue weighted by atomic mass is 14.9. The second-order valence-corrected chi connectivity index (χ2v) is 7.24. The fourth-order valence-corrected chi connectivity index (χ4v) is 2.22. The van der Waals surface area contributed by atoms with Crippen LogP contribution in [-0.2, 0) is 17.3 Å². The van der Waals surface area contributed by atoms with Gasteiger partial charge >= 0.3 is 0 Å². The topological polar surface area (TPSA) is 38.7 Å². The molecule has 2 heterocycles. The van der Waals surface area contributed by atoms with Gasteiger partial charge in [0.2, 0.25) is 0 Å². The molecule has 0 atom stereocenters. The van der Waals surface area contributed by atoms with Crippen molar-refractivity contribution < 1.29 is 0 Å². The second kappa shape index (κ2) is 5.92. The Balaban J connectivity index is 2.03. The molecule has 0 aliphatic carbocycles. The zero-order valence-corrected chi connectivity index (χ0v) is 13.7. The van der Waals surface area contributed by atoms with Crippen molar-refractivity contribution in [3.63, 3.8) is 0 Å². The summed E-state index contributed by atoms with van der Waals surface area (Å²) in [6.45, 7) is 11.0. The van der Waals surface area contributed by atoms with Crippen molar-refractivity contribution in [2.24, 2.45) is 0 Å². The lowest BCUT2D eigenvalue weighted by Gasteiger charge is -2.23. The summed E-state index contributed by atoms with van der Waals surface area (Å²) in [7, 11) is 0. The molecular formula is C18H25N3. The van der Waals surface area contributed by atoms with Crippen molar-refractivity contribution in [3.05, 3.63) is 53.9 Å². The highest BCUT2D eigenvalue weighted by molar-refractivity contribution is 5.21. The van der Waals surface area contributed by atoms with Crippen molar-refractivity contribution in [1.82, 2.24) is 15.0 Å². The molecule has 2 rings (SSSR count). The Morgan fingerprint density at radius 1 is 0.905 bits per heavy atom. The van der Waals surface area contributed by atoms with Gasteiger partial charge in [0, 0.05) is 29.7 Å². The van der Waals surface area contributed by atoms with Crippen LogP contribution >= 0.6 is 0 Å². The molecule has 0 aliphatic heterocycles. The molecule has 3 nitrogen and oxygen atoms in total. The summed E-state index contributed by atoms with van der Waals surface area (Å²) in [6, 6.07) is 6.18. The molecule has 0 aliphatic rings. The van der Waals surface area contributed by atoms with Crippen LogP contribution in [-0.4, -0.2) is 15.0 Å². The first-order valence-corrected chi connectivity index (χ1v) is 7.52. The predicted molar refractivity (Wildman–Crippen MR) is 86.3 cm³/mol. The van der Waals surface area contributed by atoms with E-state index in [1.54, 1.807) is 12.4 Å². The fourth-order valence-electron chi connectivity index (χ4n) is 2.22.